The largest absolute Gasteiger partial charge is 0.369 e. The number of thiazole rings is 1. The predicted molar refractivity (Wildman–Crippen MR) is 56.6 cm³/mol. The van der Waals surface area contributed by atoms with Gasteiger partial charge in [0.25, 0.3) is 0 Å². The van der Waals surface area contributed by atoms with E-state index in [2.05, 4.69) is 10.3 Å². The zero-order chi connectivity index (χ0) is 10.7. The molecule has 15 heavy (non-hydrogen) atoms. The van der Waals surface area contributed by atoms with Gasteiger partial charge in [-0.2, -0.15) is 0 Å². The van der Waals surface area contributed by atoms with Crippen LogP contribution in [0.15, 0.2) is 5.38 Å². The predicted octanol–water partition coefficient (Wildman–Crippen LogP) is -0.168. The Morgan fingerprint density at radius 3 is 3.33 bits per heavy atom. The summed E-state index contributed by atoms with van der Waals surface area (Å²) in [7, 11) is 0. The second-order valence-corrected chi connectivity index (χ2v) is 4.27. The Bertz CT molecular complexity index is 347. The number of aromatic nitrogens is 1. The van der Waals surface area contributed by atoms with Gasteiger partial charge in [-0.1, -0.05) is 0 Å². The first-order chi connectivity index (χ1) is 7.25. The standard InChI is InChI=1S/C9H13N3O2S/c10-8(13)3-6-5-15-9(12-6)7-4-11-1-2-14-7/h5,7,11H,1-4H2,(H2,10,13). The van der Waals surface area contributed by atoms with Crippen LogP contribution in [0.25, 0.3) is 0 Å². The number of primary amides is 1. The van der Waals surface area contributed by atoms with Crippen molar-refractivity contribution in [2.45, 2.75) is 12.5 Å². The van der Waals surface area contributed by atoms with Crippen molar-refractivity contribution in [3.05, 3.63) is 16.1 Å². The molecule has 0 saturated carbocycles. The van der Waals surface area contributed by atoms with Crippen molar-refractivity contribution in [3.8, 4) is 0 Å². The van der Waals surface area contributed by atoms with Crippen molar-refractivity contribution in [2.24, 2.45) is 5.73 Å². The number of carbonyl (C=O) groups is 1. The molecule has 1 atom stereocenters. The van der Waals surface area contributed by atoms with Crippen molar-refractivity contribution >= 4 is 17.2 Å². The van der Waals surface area contributed by atoms with Crippen LogP contribution in [0.2, 0.25) is 0 Å². The molecule has 0 aliphatic carbocycles. The summed E-state index contributed by atoms with van der Waals surface area (Å²) in [6, 6.07) is 0. The van der Waals surface area contributed by atoms with Gasteiger partial charge in [0.05, 0.1) is 18.7 Å². The van der Waals surface area contributed by atoms with Crippen LogP contribution in [-0.2, 0) is 16.0 Å². The maximum absolute atomic E-state index is 10.7. The monoisotopic (exact) mass is 227 g/mol. The van der Waals surface area contributed by atoms with Gasteiger partial charge in [0.2, 0.25) is 5.91 Å². The lowest BCUT2D eigenvalue weighted by molar-refractivity contribution is -0.117. The summed E-state index contributed by atoms with van der Waals surface area (Å²) in [6.07, 6.45) is 0.224. The molecule has 2 heterocycles. The highest BCUT2D eigenvalue weighted by Gasteiger charge is 2.19. The molecule has 5 nitrogen and oxygen atoms in total. The fraction of sp³-hybridized carbons (Fsp3) is 0.556. The maximum Gasteiger partial charge on any atom is 0.223 e. The number of morpholine rings is 1. The summed E-state index contributed by atoms with van der Waals surface area (Å²) in [5, 5.41) is 6.01. The quantitative estimate of drug-likeness (QED) is 0.751. The summed E-state index contributed by atoms with van der Waals surface area (Å²) in [6.45, 7) is 2.37. The number of hydrogen-bond acceptors (Lipinski definition) is 5. The van der Waals surface area contributed by atoms with Crippen molar-refractivity contribution < 1.29 is 9.53 Å². The molecular formula is C9H13N3O2S. The highest BCUT2D eigenvalue weighted by molar-refractivity contribution is 7.09. The Hall–Kier alpha value is -0.980. The van der Waals surface area contributed by atoms with E-state index in [1.54, 1.807) is 0 Å². The molecule has 0 radical (unpaired) electrons. The van der Waals surface area contributed by atoms with E-state index < -0.39 is 0 Å². The number of nitrogens with two attached hydrogens (primary N) is 1. The third kappa shape index (κ3) is 2.74. The molecule has 1 fully saturated rings. The number of carbonyl (C=O) groups excluding carboxylic acids is 1. The molecule has 3 N–H and O–H groups in total. The molecule has 0 bridgehead atoms. The van der Waals surface area contributed by atoms with E-state index in [4.69, 9.17) is 10.5 Å². The van der Waals surface area contributed by atoms with E-state index in [-0.39, 0.29) is 18.4 Å². The molecular weight excluding hydrogens is 214 g/mol. The lowest BCUT2D eigenvalue weighted by atomic mass is 10.3. The van der Waals surface area contributed by atoms with Gasteiger partial charge in [-0.05, 0) is 0 Å². The van der Waals surface area contributed by atoms with Gasteiger partial charge in [-0.3, -0.25) is 4.79 Å². The molecule has 6 heteroatoms. The molecule has 0 aromatic carbocycles. The third-order valence-corrected chi connectivity index (χ3v) is 3.11. The Morgan fingerprint density at radius 2 is 2.67 bits per heavy atom. The van der Waals surface area contributed by atoms with Crippen LogP contribution < -0.4 is 11.1 Å². The van der Waals surface area contributed by atoms with Crippen molar-refractivity contribution in [1.82, 2.24) is 10.3 Å². The molecule has 1 aromatic heterocycles. The van der Waals surface area contributed by atoms with Gasteiger partial charge in [0.1, 0.15) is 11.1 Å². The molecule has 1 unspecified atom stereocenters. The topological polar surface area (TPSA) is 77.2 Å². The highest BCUT2D eigenvalue weighted by atomic mass is 32.1. The van der Waals surface area contributed by atoms with E-state index in [1.807, 2.05) is 5.38 Å². The Labute approximate surface area is 91.6 Å². The first-order valence-corrected chi connectivity index (χ1v) is 5.68. The van der Waals surface area contributed by atoms with Crippen LogP contribution in [0.1, 0.15) is 16.8 Å². The molecule has 82 valence electrons. The molecule has 2 rings (SSSR count). The van der Waals surface area contributed by atoms with Crippen LogP contribution in [-0.4, -0.2) is 30.6 Å². The number of amides is 1. The van der Waals surface area contributed by atoms with Gasteiger partial charge in [0.15, 0.2) is 0 Å². The summed E-state index contributed by atoms with van der Waals surface area (Å²) in [4.78, 5) is 15.0. The van der Waals surface area contributed by atoms with Crippen molar-refractivity contribution in [1.29, 1.82) is 0 Å². The number of ether oxygens (including phenoxy) is 1. The zero-order valence-electron chi connectivity index (χ0n) is 8.23. The minimum atomic E-state index is -0.352. The van der Waals surface area contributed by atoms with Gasteiger partial charge >= 0.3 is 0 Å². The number of nitrogens with one attached hydrogen (secondary N) is 1. The van der Waals surface area contributed by atoms with E-state index >= 15 is 0 Å². The Morgan fingerprint density at radius 1 is 1.80 bits per heavy atom. The van der Waals surface area contributed by atoms with Gasteiger partial charge < -0.3 is 15.8 Å². The first-order valence-electron chi connectivity index (χ1n) is 4.80. The SMILES string of the molecule is NC(=O)Cc1csc(C2CNCCO2)n1. The van der Waals surface area contributed by atoms with E-state index in [0.717, 1.165) is 23.8 Å². The lowest BCUT2D eigenvalue weighted by Crippen LogP contribution is -2.33. The average molecular weight is 227 g/mol. The summed E-state index contributed by atoms with van der Waals surface area (Å²) < 4.78 is 5.55. The van der Waals surface area contributed by atoms with Crippen LogP contribution in [0.5, 0.6) is 0 Å². The minimum absolute atomic E-state index is 0.0189. The highest BCUT2D eigenvalue weighted by Crippen LogP contribution is 2.22. The second kappa shape index (κ2) is 4.69. The normalized spacial score (nSPS) is 21.5. The smallest absolute Gasteiger partial charge is 0.223 e. The number of hydrogen-bond donors (Lipinski definition) is 2. The van der Waals surface area contributed by atoms with Crippen LogP contribution >= 0.6 is 11.3 Å². The first kappa shape index (κ1) is 10.5. The third-order valence-electron chi connectivity index (χ3n) is 2.13. The summed E-state index contributed by atoms with van der Waals surface area (Å²) >= 11 is 1.51. The van der Waals surface area contributed by atoms with E-state index in [0.29, 0.717) is 6.61 Å². The molecule has 1 amide bonds. The summed E-state index contributed by atoms with van der Waals surface area (Å²) in [5.41, 5.74) is 5.83. The summed E-state index contributed by atoms with van der Waals surface area (Å²) in [5.74, 6) is -0.352. The van der Waals surface area contributed by atoms with E-state index in [9.17, 15) is 4.79 Å². The maximum atomic E-state index is 10.7. The van der Waals surface area contributed by atoms with E-state index in [1.165, 1.54) is 11.3 Å². The average Bonchev–Trinajstić information content (AvgIpc) is 2.67. The van der Waals surface area contributed by atoms with Gasteiger partial charge in [-0.15, -0.1) is 11.3 Å². The molecule has 0 spiro atoms. The van der Waals surface area contributed by atoms with Crippen LogP contribution in [0, 0.1) is 0 Å². The molecule has 1 aliphatic rings. The molecule has 1 saturated heterocycles. The van der Waals surface area contributed by atoms with Crippen molar-refractivity contribution in [2.75, 3.05) is 19.7 Å². The Kier molecular flexibility index (Phi) is 3.30. The van der Waals surface area contributed by atoms with Gasteiger partial charge in [-0.25, -0.2) is 4.98 Å². The van der Waals surface area contributed by atoms with Crippen LogP contribution in [0.4, 0.5) is 0 Å². The minimum Gasteiger partial charge on any atom is -0.369 e. The fourth-order valence-electron chi connectivity index (χ4n) is 1.45. The van der Waals surface area contributed by atoms with Gasteiger partial charge in [0, 0.05) is 18.5 Å². The fourth-order valence-corrected chi connectivity index (χ4v) is 2.32. The Balaban J connectivity index is 2.02. The molecule has 1 aromatic rings. The second-order valence-electron chi connectivity index (χ2n) is 3.38. The number of rotatable bonds is 3. The zero-order valence-corrected chi connectivity index (χ0v) is 9.05. The van der Waals surface area contributed by atoms with Crippen molar-refractivity contribution in [3.63, 3.8) is 0 Å². The molecule has 1 aliphatic heterocycles. The van der Waals surface area contributed by atoms with Crippen LogP contribution in [0.3, 0.4) is 0 Å². The lowest BCUT2D eigenvalue weighted by Gasteiger charge is -2.21. The number of nitrogens with zero attached hydrogens (tertiary/aromatic N) is 1.